The molecule has 0 heterocycles. The molecule has 0 unspecified atom stereocenters. The summed E-state index contributed by atoms with van der Waals surface area (Å²) in [6, 6.07) is 29.0. The zero-order chi connectivity index (χ0) is 17.4. The van der Waals surface area contributed by atoms with Gasteiger partial charge in [-0.05, 0) is 25.0 Å². The van der Waals surface area contributed by atoms with Gasteiger partial charge in [0.1, 0.15) is 0 Å². The van der Waals surface area contributed by atoms with Gasteiger partial charge in [-0.15, -0.1) is 40.1 Å². The van der Waals surface area contributed by atoms with E-state index in [4.69, 9.17) is 0 Å². The van der Waals surface area contributed by atoms with Crippen molar-refractivity contribution in [2.45, 2.75) is 26.7 Å². The second kappa shape index (κ2) is 11.9. The molecule has 0 radical (unpaired) electrons. The Morgan fingerprint density at radius 3 is 1.66 bits per heavy atom. The summed E-state index contributed by atoms with van der Waals surface area (Å²) in [5.74, 6) is 0.264. The minimum Gasteiger partial charge on any atom is -1.00 e. The molecule has 4 aromatic rings. The van der Waals surface area contributed by atoms with Gasteiger partial charge in [0, 0.05) is 5.92 Å². The number of hydrogen-bond donors (Lipinski definition) is 0. The predicted octanol–water partition coefficient (Wildman–Crippen LogP) is -2.33. The third-order valence-electron chi connectivity index (χ3n) is 5.09. The molecule has 0 aliphatic carbocycles. The number of halogens is 3. The van der Waals surface area contributed by atoms with Crippen LogP contribution in [0.2, 0.25) is 0 Å². The van der Waals surface area contributed by atoms with Crippen molar-refractivity contribution in [1.29, 1.82) is 0 Å². The van der Waals surface area contributed by atoms with Crippen LogP contribution in [0.25, 0.3) is 10.8 Å². The van der Waals surface area contributed by atoms with Gasteiger partial charge in [-0.1, -0.05) is 72.6 Å². The topological polar surface area (TPSA) is 0 Å². The van der Waals surface area contributed by atoms with Gasteiger partial charge in [-0.25, -0.2) is 0 Å². The van der Waals surface area contributed by atoms with Crippen LogP contribution in [0.15, 0.2) is 78.9 Å². The van der Waals surface area contributed by atoms with Crippen molar-refractivity contribution in [2.24, 2.45) is 0 Å². The Bertz CT molecular complexity index is 1010. The summed E-state index contributed by atoms with van der Waals surface area (Å²) >= 11 is 0. The Kier molecular flexibility index (Phi) is 11.4. The molecule has 0 amide bonds. The van der Waals surface area contributed by atoms with Gasteiger partial charge < -0.3 is 37.2 Å². The number of fused-ring (bicyclic) bond motifs is 1. The summed E-state index contributed by atoms with van der Waals surface area (Å²) in [6.07, 6.45) is 0. The summed E-state index contributed by atoms with van der Waals surface area (Å²) in [5, 5.41) is 2.70. The van der Waals surface area contributed by atoms with Crippen LogP contribution in [0.3, 0.4) is 0 Å². The van der Waals surface area contributed by atoms with Crippen molar-refractivity contribution < 1.29 is 58.9 Å². The van der Waals surface area contributed by atoms with Crippen molar-refractivity contribution in [1.82, 2.24) is 0 Å². The third kappa shape index (κ3) is 5.72. The van der Waals surface area contributed by atoms with Gasteiger partial charge in [0.05, 0.1) is 0 Å². The Hall–Kier alpha value is -1.15. The Labute approximate surface area is 207 Å². The monoisotopic (exact) mass is 476 g/mol. The van der Waals surface area contributed by atoms with Crippen molar-refractivity contribution >= 4 is 10.8 Å². The van der Waals surface area contributed by atoms with E-state index in [1.807, 2.05) is 0 Å². The number of hydrogen-bond acceptors (Lipinski definition) is 0. The van der Waals surface area contributed by atoms with E-state index in [1.165, 1.54) is 44.2 Å². The third-order valence-corrected chi connectivity index (χ3v) is 5.09. The number of benzene rings is 3. The zero-order valence-corrected chi connectivity index (χ0v) is 20.5. The standard InChI is InChI=1S/C25H23.3ClH.Ti/c1-17-8-6-11-21(14-17)25(22-12-7-9-18(2)15-22)24-19(3)16-20-10-4-5-13-23(20)24;;;;/h4-16,25H,1-3H3;3*1H;/q-1;;;;+4/p-3. The molecule has 0 saturated heterocycles. The van der Waals surface area contributed by atoms with Crippen molar-refractivity contribution in [2.75, 3.05) is 0 Å². The fraction of sp³-hybridized carbons (Fsp3) is 0.160. The first kappa shape index (κ1) is 27.9. The molecule has 4 heteroatoms. The predicted molar refractivity (Wildman–Crippen MR) is 108 cm³/mol. The second-order valence-corrected chi connectivity index (χ2v) is 7.09. The zero-order valence-electron chi connectivity index (χ0n) is 16.7. The van der Waals surface area contributed by atoms with Crippen LogP contribution in [0.4, 0.5) is 0 Å². The molecule has 4 rings (SSSR count). The average molecular weight is 478 g/mol. The quantitative estimate of drug-likeness (QED) is 0.230. The van der Waals surface area contributed by atoms with Gasteiger partial charge in [-0.3, -0.25) is 0 Å². The maximum atomic E-state index is 2.33. The molecule has 4 aromatic carbocycles. The SMILES string of the molecule is Cc1cccc(C(c2cccc(C)c2)[c-]2c(C)cc3ccccc32)c1.[Cl-].[Cl-].[Cl-].[Ti+4]. The molecule has 0 aromatic heterocycles. The summed E-state index contributed by atoms with van der Waals surface area (Å²) in [5.41, 5.74) is 8.16. The van der Waals surface area contributed by atoms with Crippen LogP contribution in [-0.2, 0) is 21.7 Å². The second-order valence-electron chi connectivity index (χ2n) is 7.09. The maximum absolute atomic E-state index is 2.33. The van der Waals surface area contributed by atoms with E-state index in [0.29, 0.717) is 0 Å². The summed E-state index contributed by atoms with van der Waals surface area (Å²) < 4.78 is 0. The molecule has 0 saturated carbocycles. The number of rotatable bonds is 3. The molecule has 0 atom stereocenters. The molecule has 0 nitrogen and oxygen atoms in total. The Balaban J connectivity index is 0.00000196. The normalized spacial score (nSPS) is 9.79. The van der Waals surface area contributed by atoms with Gasteiger partial charge in [0.15, 0.2) is 0 Å². The molecule has 0 fully saturated rings. The molecule has 0 aliphatic rings. The fourth-order valence-electron chi connectivity index (χ4n) is 4.00. The largest absolute Gasteiger partial charge is 4.00 e. The maximum Gasteiger partial charge on any atom is 4.00 e. The molecule has 0 spiro atoms. The van der Waals surface area contributed by atoms with E-state index < -0.39 is 0 Å². The molecule has 0 N–H and O–H groups in total. The van der Waals surface area contributed by atoms with Crippen LogP contribution in [0.5, 0.6) is 0 Å². The smallest absolute Gasteiger partial charge is 1.00 e. The first-order chi connectivity index (χ1) is 12.1. The van der Waals surface area contributed by atoms with Crippen molar-refractivity contribution in [3.05, 3.63) is 112 Å². The molecule has 148 valence electrons. The van der Waals surface area contributed by atoms with Gasteiger partial charge >= 0.3 is 21.7 Å². The van der Waals surface area contributed by atoms with E-state index in [1.54, 1.807) is 0 Å². The van der Waals surface area contributed by atoms with E-state index in [0.717, 1.165) is 0 Å². The number of aryl methyl sites for hydroxylation is 3. The molecule has 0 bridgehead atoms. The van der Waals surface area contributed by atoms with E-state index >= 15 is 0 Å². The van der Waals surface area contributed by atoms with Crippen molar-refractivity contribution in [3.8, 4) is 0 Å². The van der Waals surface area contributed by atoms with E-state index in [2.05, 4.69) is 99.6 Å². The molecular formula is C25H23Cl3Ti. The first-order valence-electron chi connectivity index (χ1n) is 8.91. The van der Waals surface area contributed by atoms with E-state index in [-0.39, 0.29) is 64.9 Å². The first-order valence-corrected chi connectivity index (χ1v) is 8.91. The van der Waals surface area contributed by atoms with Crippen molar-refractivity contribution in [3.63, 3.8) is 0 Å². The van der Waals surface area contributed by atoms with E-state index in [9.17, 15) is 0 Å². The molecule has 29 heavy (non-hydrogen) atoms. The van der Waals surface area contributed by atoms with Crippen LogP contribution in [-0.4, -0.2) is 0 Å². The van der Waals surface area contributed by atoms with Crippen LogP contribution in [0.1, 0.15) is 39.3 Å². The molecule has 0 aliphatic heterocycles. The average Bonchev–Trinajstić information content (AvgIpc) is 2.92. The Morgan fingerprint density at radius 1 is 0.621 bits per heavy atom. The van der Waals surface area contributed by atoms with Gasteiger partial charge in [0.2, 0.25) is 0 Å². The Morgan fingerprint density at radius 2 is 1.14 bits per heavy atom. The summed E-state index contributed by atoms with van der Waals surface area (Å²) in [4.78, 5) is 0. The van der Waals surface area contributed by atoms with Crippen LogP contribution < -0.4 is 37.2 Å². The molecular weight excluding hydrogens is 455 g/mol. The van der Waals surface area contributed by atoms with Gasteiger partial charge in [-0.2, -0.15) is 6.07 Å². The van der Waals surface area contributed by atoms with Gasteiger partial charge in [0.25, 0.3) is 0 Å². The minimum atomic E-state index is 0. The summed E-state index contributed by atoms with van der Waals surface area (Å²) in [6.45, 7) is 6.59. The van der Waals surface area contributed by atoms with Crippen LogP contribution >= 0.6 is 0 Å². The minimum absolute atomic E-state index is 0. The fourth-order valence-corrected chi connectivity index (χ4v) is 4.00. The summed E-state index contributed by atoms with van der Waals surface area (Å²) in [7, 11) is 0. The van der Waals surface area contributed by atoms with Crippen LogP contribution in [0, 0.1) is 20.8 Å².